The molecular weight excluding hydrogens is 424 g/mol. The van der Waals surface area contributed by atoms with E-state index in [2.05, 4.69) is 10.3 Å². The predicted molar refractivity (Wildman–Crippen MR) is 123 cm³/mol. The van der Waals surface area contributed by atoms with Crippen LogP contribution in [0.15, 0.2) is 24.4 Å². The van der Waals surface area contributed by atoms with Gasteiger partial charge < -0.3 is 19.5 Å². The monoisotopic (exact) mass is 457 g/mol. The van der Waals surface area contributed by atoms with Crippen molar-refractivity contribution in [1.82, 2.24) is 0 Å². The van der Waals surface area contributed by atoms with Gasteiger partial charge in [0.2, 0.25) is 5.52 Å². The number of fused-ring (bicyclic) bond motifs is 1. The topological polar surface area (TPSA) is 105 Å². The third-order valence-electron chi connectivity index (χ3n) is 5.74. The molecule has 178 valence electrons. The summed E-state index contributed by atoms with van der Waals surface area (Å²) in [7, 11) is 0. The Morgan fingerprint density at radius 3 is 2.45 bits per heavy atom. The second kappa shape index (κ2) is 12.2. The van der Waals surface area contributed by atoms with Crippen LogP contribution >= 0.6 is 0 Å². The Morgan fingerprint density at radius 1 is 1.00 bits per heavy atom. The van der Waals surface area contributed by atoms with Crippen LogP contribution in [0.3, 0.4) is 0 Å². The Kier molecular flexibility index (Phi) is 9.04. The molecule has 1 aliphatic rings. The minimum Gasteiger partial charge on any atom is -0.465 e. The normalized spacial score (nSPS) is 14.0. The number of anilines is 1. The molecule has 1 aromatic heterocycles. The molecular formula is C25H33N2O6+. The smallest absolute Gasteiger partial charge is 0.346 e. The van der Waals surface area contributed by atoms with Gasteiger partial charge in [-0.3, -0.25) is 4.79 Å². The zero-order valence-electron chi connectivity index (χ0n) is 19.4. The molecule has 33 heavy (non-hydrogen) atoms. The number of carbonyl (C=O) groups excluding carboxylic acids is 3. The zero-order valence-corrected chi connectivity index (χ0v) is 19.4. The van der Waals surface area contributed by atoms with E-state index in [0.29, 0.717) is 41.8 Å². The van der Waals surface area contributed by atoms with E-state index in [1.807, 2.05) is 0 Å². The molecule has 0 atom stereocenters. The Balaban J connectivity index is 1.72. The lowest BCUT2D eigenvalue weighted by Crippen LogP contribution is -2.21. The number of aromatic nitrogens is 1. The van der Waals surface area contributed by atoms with Gasteiger partial charge in [0.05, 0.1) is 42.4 Å². The van der Waals surface area contributed by atoms with Crippen molar-refractivity contribution in [2.24, 2.45) is 5.92 Å². The molecule has 0 saturated heterocycles. The molecule has 0 aliphatic heterocycles. The van der Waals surface area contributed by atoms with E-state index in [-0.39, 0.29) is 25.1 Å². The molecule has 0 spiro atoms. The molecule has 0 bridgehead atoms. The first-order valence-electron chi connectivity index (χ1n) is 11.8. The number of carbonyl (C=O) groups is 3. The van der Waals surface area contributed by atoms with Crippen LogP contribution in [0.25, 0.3) is 10.9 Å². The fourth-order valence-electron chi connectivity index (χ4n) is 4.06. The van der Waals surface area contributed by atoms with Crippen molar-refractivity contribution in [1.29, 1.82) is 0 Å². The van der Waals surface area contributed by atoms with Gasteiger partial charge in [-0.1, -0.05) is 19.3 Å². The van der Waals surface area contributed by atoms with Crippen LogP contribution in [0.5, 0.6) is 0 Å². The first kappa shape index (κ1) is 24.5. The van der Waals surface area contributed by atoms with Gasteiger partial charge in [-0.15, -0.1) is 0 Å². The van der Waals surface area contributed by atoms with Crippen LogP contribution in [0, 0.1) is 5.92 Å². The van der Waals surface area contributed by atoms with Crippen LogP contribution in [0.2, 0.25) is 0 Å². The molecule has 8 nitrogen and oxygen atoms in total. The van der Waals surface area contributed by atoms with Gasteiger partial charge in [0.1, 0.15) is 5.56 Å². The first-order valence-corrected chi connectivity index (χ1v) is 11.8. The molecule has 0 amide bonds. The maximum absolute atomic E-state index is 12.5. The molecule has 0 unspecified atom stereocenters. The summed E-state index contributed by atoms with van der Waals surface area (Å²) in [6, 6.07) is 5.14. The zero-order chi connectivity index (χ0) is 23.6. The molecule has 2 N–H and O–H groups in total. The lowest BCUT2D eigenvalue weighted by Gasteiger charge is -2.20. The number of ether oxygens (including phenoxy) is 3. The van der Waals surface area contributed by atoms with Crippen molar-refractivity contribution >= 4 is 34.5 Å². The standard InChI is InChI=1S/C25H32N2O6/c1-3-31-24(29)18-11-12-21-19(15-18)22(20(16-27-21)25(30)32-4-2)26-13-8-14-33-23(28)17-9-6-5-7-10-17/h11-12,15-17H,3-10,13-14H2,1-2H3,(H,26,27)/p+1. The number of rotatable bonds is 10. The van der Waals surface area contributed by atoms with Crippen molar-refractivity contribution in [2.45, 2.75) is 52.4 Å². The van der Waals surface area contributed by atoms with E-state index >= 15 is 0 Å². The maximum atomic E-state index is 12.5. The number of hydrogen-bond acceptors (Lipinski definition) is 7. The number of esters is 3. The number of hydrogen-bond donors (Lipinski definition) is 1. The van der Waals surface area contributed by atoms with Crippen LogP contribution < -0.4 is 10.3 Å². The third-order valence-corrected chi connectivity index (χ3v) is 5.74. The van der Waals surface area contributed by atoms with Gasteiger partial charge >= 0.3 is 17.9 Å². The highest BCUT2D eigenvalue weighted by Gasteiger charge is 2.23. The Labute approximate surface area is 194 Å². The van der Waals surface area contributed by atoms with Crippen LogP contribution in [-0.4, -0.2) is 44.3 Å². The van der Waals surface area contributed by atoms with E-state index in [1.165, 1.54) is 6.42 Å². The summed E-state index contributed by atoms with van der Waals surface area (Å²) in [5, 5.41) is 3.95. The lowest BCUT2D eigenvalue weighted by molar-refractivity contribution is -0.344. The van der Waals surface area contributed by atoms with Gasteiger partial charge in [0, 0.05) is 12.6 Å². The fraction of sp³-hybridized carbons (Fsp3) is 0.520. The van der Waals surface area contributed by atoms with E-state index in [9.17, 15) is 14.4 Å². The molecule has 1 heterocycles. The highest BCUT2D eigenvalue weighted by atomic mass is 16.5. The van der Waals surface area contributed by atoms with Crippen molar-refractivity contribution in [3.8, 4) is 0 Å². The largest absolute Gasteiger partial charge is 0.465 e. The van der Waals surface area contributed by atoms with E-state index < -0.39 is 11.9 Å². The van der Waals surface area contributed by atoms with Crippen LogP contribution in [0.1, 0.15) is 73.1 Å². The van der Waals surface area contributed by atoms with Gasteiger partial charge in [-0.2, -0.15) is 0 Å². The average Bonchev–Trinajstić information content (AvgIpc) is 2.84. The SMILES string of the molecule is CCOC(=O)c1ccc2[nH+]cc(C(=O)OCC)c(NCCCOC(=O)C3CCCCC3)c2c1. The Hall–Kier alpha value is -3.16. The maximum Gasteiger partial charge on any atom is 0.346 e. The highest BCUT2D eigenvalue weighted by molar-refractivity contribution is 6.05. The summed E-state index contributed by atoms with van der Waals surface area (Å²) in [6.45, 7) is 4.80. The van der Waals surface area contributed by atoms with Crippen molar-refractivity contribution in [3.63, 3.8) is 0 Å². The van der Waals surface area contributed by atoms with Crippen molar-refractivity contribution < 1.29 is 33.6 Å². The number of pyridine rings is 1. The lowest BCUT2D eigenvalue weighted by atomic mass is 9.89. The second-order valence-corrected chi connectivity index (χ2v) is 8.06. The van der Waals surface area contributed by atoms with Gasteiger partial charge in [-0.25, -0.2) is 14.6 Å². The average molecular weight is 458 g/mol. The molecule has 1 saturated carbocycles. The summed E-state index contributed by atoms with van der Waals surface area (Å²) in [5.74, 6) is -0.984. The molecule has 0 radical (unpaired) electrons. The highest BCUT2D eigenvalue weighted by Crippen LogP contribution is 2.27. The van der Waals surface area contributed by atoms with E-state index in [1.54, 1.807) is 38.2 Å². The van der Waals surface area contributed by atoms with Crippen molar-refractivity contribution in [3.05, 3.63) is 35.5 Å². The number of nitrogens with one attached hydrogen (secondary N) is 2. The molecule has 8 heteroatoms. The number of H-pyrrole nitrogens is 1. The van der Waals surface area contributed by atoms with Crippen LogP contribution in [0.4, 0.5) is 5.69 Å². The summed E-state index contributed by atoms with van der Waals surface area (Å²) >= 11 is 0. The number of benzene rings is 1. The predicted octanol–water partition coefficient (Wildman–Crippen LogP) is 3.93. The summed E-state index contributed by atoms with van der Waals surface area (Å²) in [4.78, 5) is 40.1. The molecule has 3 rings (SSSR count). The second-order valence-electron chi connectivity index (χ2n) is 8.06. The minimum atomic E-state index is -0.469. The van der Waals surface area contributed by atoms with E-state index in [0.717, 1.165) is 31.2 Å². The third kappa shape index (κ3) is 6.43. The number of aromatic amines is 1. The summed E-state index contributed by atoms with van der Waals surface area (Å²) < 4.78 is 15.8. The molecule has 1 aliphatic carbocycles. The minimum absolute atomic E-state index is 0.0250. The molecule has 1 fully saturated rings. The van der Waals surface area contributed by atoms with Gasteiger partial charge in [0.15, 0.2) is 6.20 Å². The van der Waals surface area contributed by atoms with E-state index in [4.69, 9.17) is 14.2 Å². The van der Waals surface area contributed by atoms with Crippen LogP contribution in [-0.2, 0) is 19.0 Å². The van der Waals surface area contributed by atoms with Crippen molar-refractivity contribution in [2.75, 3.05) is 31.7 Å². The van der Waals surface area contributed by atoms with Gasteiger partial charge in [-0.05, 0) is 45.2 Å². The van der Waals surface area contributed by atoms with Gasteiger partial charge in [0.25, 0.3) is 0 Å². The fourth-order valence-corrected chi connectivity index (χ4v) is 4.06. The summed E-state index contributed by atoms with van der Waals surface area (Å²) in [5.41, 5.74) is 2.04. The quantitative estimate of drug-likeness (QED) is 0.327. The Morgan fingerprint density at radius 2 is 1.73 bits per heavy atom. The summed E-state index contributed by atoms with van der Waals surface area (Å²) in [6.07, 6.45) is 7.36. The Bertz CT molecular complexity index is 979. The molecule has 2 aromatic rings. The first-order chi connectivity index (χ1) is 16.0. The molecule has 1 aromatic carbocycles.